The number of benzene rings is 1. The van der Waals surface area contributed by atoms with E-state index in [0.717, 1.165) is 38.3 Å². The number of rotatable bonds is 4. The highest BCUT2D eigenvalue weighted by molar-refractivity contribution is 5.16. The second-order valence-electron chi connectivity index (χ2n) is 5.81. The van der Waals surface area contributed by atoms with Crippen LogP contribution in [0.4, 0.5) is 0 Å². The van der Waals surface area contributed by atoms with Gasteiger partial charge in [-0.15, -0.1) is 5.10 Å². The van der Waals surface area contributed by atoms with Crippen LogP contribution in [0.15, 0.2) is 36.5 Å². The van der Waals surface area contributed by atoms with Crippen LogP contribution in [0.2, 0.25) is 0 Å². The minimum Gasteiger partial charge on any atom is -0.312 e. The summed E-state index contributed by atoms with van der Waals surface area (Å²) < 4.78 is 1.77. The molecule has 1 saturated heterocycles. The first kappa shape index (κ1) is 14.2. The Morgan fingerprint density at radius 1 is 1.29 bits per heavy atom. The molecule has 21 heavy (non-hydrogen) atoms. The van der Waals surface area contributed by atoms with Crippen LogP contribution < -0.4 is 5.32 Å². The van der Waals surface area contributed by atoms with Crippen LogP contribution in [-0.4, -0.2) is 45.6 Å². The van der Waals surface area contributed by atoms with E-state index in [1.807, 2.05) is 13.2 Å². The van der Waals surface area contributed by atoms with Crippen LogP contribution in [-0.2, 0) is 20.0 Å². The summed E-state index contributed by atoms with van der Waals surface area (Å²) in [5, 5.41) is 11.9. The SMILES string of the molecule is Cn1cc(CN2CCCNC(Cc3ccccc3)C2)nn1. The molecule has 0 amide bonds. The molecule has 2 aromatic rings. The minimum absolute atomic E-state index is 0.506. The molecule has 1 aromatic heterocycles. The number of aromatic nitrogens is 3. The summed E-state index contributed by atoms with van der Waals surface area (Å²) in [6.45, 7) is 4.16. The van der Waals surface area contributed by atoms with Crippen LogP contribution in [0.5, 0.6) is 0 Å². The Kier molecular flexibility index (Phi) is 4.62. The fraction of sp³-hybridized carbons (Fsp3) is 0.500. The number of hydrogen-bond donors (Lipinski definition) is 1. The maximum Gasteiger partial charge on any atom is 0.0967 e. The monoisotopic (exact) mass is 285 g/mol. The Morgan fingerprint density at radius 3 is 2.90 bits per heavy atom. The van der Waals surface area contributed by atoms with Gasteiger partial charge in [0.05, 0.1) is 5.69 Å². The third-order valence-corrected chi connectivity index (χ3v) is 3.92. The number of nitrogens with one attached hydrogen (secondary N) is 1. The first-order valence-corrected chi connectivity index (χ1v) is 7.64. The largest absolute Gasteiger partial charge is 0.312 e. The fourth-order valence-electron chi connectivity index (χ4n) is 2.95. The molecule has 5 nitrogen and oxygen atoms in total. The minimum atomic E-state index is 0.506. The third-order valence-electron chi connectivity index (χ3n) is 3.92. The second-order valence-corrected chi connectivity index (χ2v) is 5.81. The van der Waals surface area contributed by atoms with Gasteiger partial charge in [-0.05, 0) is 31.5 Å². The van der Waals surface area contributed by atoms with Gasteiger partial charge in [-0.2, -0.15) is 0 Å². The van der Waals surface area contributed by atoms with Crippen molar-refractivity contribution in [3.63, 3.8) is 0 Å². The molecule has 1 fully saturated rings. The maximum atomic E-state index is 4.20. The van der Waals surface area contributed by atoms with Crippen molar-refractivity contribution in [1.82, 2.24) is 25.2 Å². The zero-order valence-electron chi connectivity index (χ0n) is 12.6. The molecule has 112 valence electrons. The van der Waals surface area contributed by atoms with Gasteiger partial charge in [0, 0.05) is 32.4 Å². The molecule has 1 aliphatic heterocycles. The van der Waals surface area contributed by atoms with Gasteiger partial charge in [0.25, 0.3) is 0 Å². The Bertz CT molecular complexity index is 551. The number of aryl methyl sites for hydroxylation is 1. The van der Waals surface area contributed by atoms with Crippen molar-refractivity contribution in [3.05, 3.63) is 47.8 Å². The van der Waals surface area contributed by atoms with Gasteiger partial charge in [0.15, 0.2) is 0 Å². The quantitative estimate of drug-likeness (QED) is 0.917. The lowest BCUT2D eigenvalue weighted by molar-refractivity contribution is 0.256. The van der Waals surface area contributed by atoms with Crippen molar-refractivity contribution >= 4 is 0 Å². The zero-order valence-corrected chi connectivity index (χ0v) is 12.6. The molecule has 1 aromatic carbocycles. The highest BCUT2D eigenvalue weighted by Gasteiger charge is 2.18. The third kappa shape index (κ3) is 4.12. The molecule has 0 radical (unpaired) electrons. The predicted molar refractivity (Wildman–Crippen MR) is 82.8 cm³/mol. The van der Waals surface area contributed by atoms with Crippen molar-refractivity contribution in [2.75, 3.05) is 19.6 Å². The van der Waals surface area contributed by atoms with E-state index in [1.165, 1.54) is 12.0 Å². The highest BCUT2D eigenvalue weighted by Crippen LogP contribution is 2.10. The number of hydrogen-bond acceptors (Lipinski definition) is 4. The van der Waals surface area contributed by atoms with Crippen molar-refractivity contribution < 1.29 is 0 Å². The first-order valence-electron chi connectivity index (χ1n) is 7.64. The molecule has 1 unspecified atom stereocenters. The second kappa shape index (κ2) is 6.83. The van der Waals surface area contributed by atoms with E-state index in [1.54, 1.807) is 4.68 Å². The lowest BCUT2D eigenvalue weighted by Crippen LogP contribution is -2.39. The molecule has 0 saturated carbocycles. The molecular weight excluding hydrogens is 262 g/mol. The van der Waals surface area contributed by atoms with Crippen LogP contribution in [0.3, 0.4) is 0 Å². The van der Waals surface area contributed by atoms with Crippen molar-refractivity contribution in [3.8, 4) is 0 Å². The van der Waals surface area contributed by atoms with Gasteiger partial charge in [-0.25, -0.2) is 0 Å². The van der Waals surface area contributed by atoms with E-state index in [-0.39, 0.29) is 0 Å². The summed E-state index contributed by atoms with van der Waals surface area (Å²) in [7, 11) is 1.92. The van der Waals surface area contributed by atoms with E-state index in [2.05, 4.69) is 50.9 Å². The Morgan fingerprint density at radius 2 is 2.14 bits per heavy atom. The topological polar surface area (TPSA) is 46.0 Å². The molecule has 1 atom stereocenters. The van der Waals surface area contributed by atoms with E-state index in [0.29, 0.717) is 6.04 Å². The van der Waals surface area contributed by atoms with E-state index >= 15 is 0 Å². The summed E-state index contributed by atoms with van der Waals surface area (Å²) >= 11 is 0. The van der Waals surface area contributed by atoms with Crippen LogP contribution in [0.1, 0.15) is 17.7 Å². The average Bonchev–Trinajstić information content (AvgIpc) is 2.76. The molecule has 3 rings (SSSR count). The molecule has 2 heterocycles. The van der Waals surface area contributed by atoms with Crippen molar-refractivity contribution in [1.29, 1.82) is 0 Å². The van der Waals surface area contributed by atoms with Gasteiger partial charge in [0.1, 0.15) is 0 Å². The molecule has 1 aliphatic rings. The van der Waals surface area contributed by atoms with Crippen molar-refractivity contribution in [2.24, 2.45) is 7.05 Å². The van der Waals surface area contributed by atoms with Crippen LogP contribution >= 0.6 is 0 Å². The average molecular weight is 285 g/mol. The van der Waals surface area contributed by atoms with Crippen molar-refractivity contribution in [2.45, 2.75) is 25.4 Å². The van der Waals surface area contributed by atoms with Gasteiger partial charge < -0.3 is 5.32 Å². The summed E-state index contributed by atoms with van der Waals surface area (Å²) in [6, 6.07) is 11.2. The standard InChI is InChI=1S/C16H23N5/c1-20-11-16(18-19-20)13-21-9-5-8-17-15(12-21)10-14-6-3-2-4-7-14/h2-4,6-7,11,15,17H,5,8-10,12-13H2,1H3. The van der Waals surface area contributed by atoms with Crippen LogP contribution in [0, 0.1) is 0 Å². The van der Waals surface area contributed by atoms with Gasteiger partial charge in [-0.3, -0.25) is 9.58 Å². The molecule has 1 N–H and O–H groups in total. The summed E-state index contributed by atoms with van der Waals surface area (Å²) in [6.07, 6.45) is 4.27. The highest BCUT2D eigenvalue weighted by atomic mass is 15.4. The summed E-state index contributed by atoms with van der Waals surface area (Å²) in [5.74, 6) is 0. The smallest absolute Gasteiger partial charge is 0.0967 e. The fourth-order valence-corrected chi connectivity index (χ4v) is 2.95. The Labute approximate surface area is 126 Å². The van der Waals surface area contributed by atoms with Gasteiger partial charge >= 0.3 is 0 Å². The normalized spacial score (nSPS) is 20.3. The summed E-state index contributed by atoms with van der Waals surface area (Å²) in [5.41, 5.74) is 2.45. The molecule has 0 bridgehead atoms. The lowest BCUT2D eigenvalue weighted by atomic mass is 10.1. The number of nitrogens with zero attached hydrogens (tertiary/aromatic N) is 4. The van der Waals surface area contributed by atoms with Gasteiger partial charge in [-0.1, -0.05) is 35.5 Å². The van der Waals surface area contributed by atoms with Crippen LogP contribution in [0.25, 0.3) is 0 Å². The Balaban J connectivity index is 1.60. The molecular formula is C16H23N5. The molecule has 0 spiro atoms. The zero-order chi connectivity index (χ0) is 14.5. The Hall–Kier alpha value is -1.72. The van der Waals surface area contributed by atoms with E-state index < -0.39 is 0 Å². The van der Waals surface area contributed by atoms with E-state index in [9.17, 15) is 0 Å². The van der Waals surface area contributed by atoms with Gasteiger partial charge in [0.2, 0.25) is 0 Å². The summed E-state index contributed by atoms with van der Waals surface area (Å²) in [4.78, 5) is 2.48. The first-order chi connectivity index (χ1) is 10.3. The maximum absolute atomic E-state index is 4.20. The lowest BCUT2D eigenvalue weighted by Gasteiger charge is -2.23. The predicted octanol–water partition coefficient (Wildman–Crippen LogP) is 1.22. The molecule has 5 heteroatoms. The van der Waals surface area contributed by atoms with E-state index in [4.69, 9.17) is 0 Å². The molecule has 0 aliphatic carbocycles.